The quantitative estimate of drug-likeness (QED) is 0.591. The standard InChI is InChI=1S/C27H22FN3O4/c1-15-7-9-16(10-8-15)22-20-21(27(35)30(26(20)34)19-5-3-2-4-6-19)23(24(29)32)31(22)25(33)17-11-13-18(28)14-12-17/h2-14,20-23H,1H3,(H2,29,32). The molecule has 4 unspecified atom stereocenters. The monoisotopic (exact) mass is 471 g/mol. The fraction of sp³-hybridized carbons (Fsp3) is 0.185. The number of likely N-dealkylation sites (tertiary alicyclic amines) is 1. The first-order valence-corrected chi connectivity index (χ1v) is 11.2. The van der Waals surface area contributed by atoms with Gasteiger partial charge in [0.05, 0.1) is 23.6 Å². The first kappa shape index (κ1) is 22.5. The van der Waals surface area contributed by atoms with Crippen molar-refractivity contribution in [2.24, 2.45) is 17.6 Å². The highest BCUT2D eigenvalue weighted by atomic mass is 19.1. The number of para-hydroxylation sites is 1. The summed E-state index contributed by atoms with van der Waals surface area (Å²) in [6.07, 6.45) is 0. The molecule has 176 valence electrons. The highest BCUT2D eigenvalue weighted by Crippen LogP contribution is 2.51. The van der Waals surface area contributed by atoms with Gasteiger partial charge >= 0.3 is 0 Å². The number of fused-ring (bicyclic) bond motifs is 1. The van der Waals surface area contributed by atoms with Crippen LogP contribution in [0, 0.1) is 24.6 Å². The van der Waals surface area contributed by atoms with Gasteiger partial charge in [-0.2, -0.15) is 0 Å². The van der Waals surface area contributed by atoms with Gasteiger partial charge in [0, 0.05) is 5.56 Å². The van der Waals surface area contributed by atoms with Gasteiger partial charge in [-0.05, 0) is 48.9 Å². The maximum absolute atomic E-state index is 13.7. The zero-order valence-corrected chi connectivity index (χ0v) is 18.8. The number of imide groups is 1. The summed E-state index contributed by atoms with van der Waals surface area (Å²) in [5.41, 5.74) is 7.84. The van der Waals surface area contributed by atoms with Gasteiger partial charge in [-0.15, -0.1) is 0 Å². The van der Waals surface area contributed by atoms with Crippen LogP contribution in [0.5, 0.6) is 0 Å². The van der Waals surface area contributed by atoms with E-state index in [-0.39, 0.29) is 5.56 Å². The van der Waals surface area contributed by atoms with Crippen LogP contribution in [-0.2, 0) is 14.4 Å². The molecule has 2 aliphatic heterocycles. The fourth-order valence-electron chi connectivity index (χ4n) is 5.17. The highest BCUT2D eigenvalue weighted by molar-refractivity contribution is 6.24. The Hall–Kier alpha value is -4.33. The number of rotatable bonds is 4. The minimum Gasteiger partial charge on any atom is -0.368 e. The first-order valence-electron chi connectivity index (χ1n) is 11.2. The second-order valence-corrected chi connectivity index (χ2v) is 8.82. The molecule has 2 aliphatic rings. The summed E-state index contributed by atoms with van der Waals surface area (Å²) in [6.45, 7) is 1.90. The van der Waals surface area contributed by atoms with E-state index in [1.54, 1.807) is 42.5 Å². The summed E-state index contributed by atoms with van der Waals surface area (Å²) < 4.78 is 13.5. The van der Waals surface area contributed by atoms with Crippen molar-refractivity contribution in [1.82, 2.24) is 4.90 Å². The maximum atomic E-state index is 13.7. The van der Waals surface area contributed by atoms with Crippen LogP contribution in [0.2, 0.25) is 0 Å². The number of hydrogen-bond donors (Lipinski definition) is 1. The number of nitrogens with two attached hydrogens (primary N) is 1. The van der Waals surface area contributed by atoms with E-state index in [0.717, 1.165) is 22.6 Å². The average molecular weight is 471 g/mol. The lowest BCUT2D eigenvalue weighted by atomic mass is 9.86. The predicted molar refractivity (Wildman–Crippen MR) is 125 cm³/mol. The van der Waals surface area contributed by atoms with Gasteiger partial charge in [0.25, 0.3) is 5.91 Å². The number of carbonyl (C=O) groups excluding carboxylic acids is 4. The lowest BCUT2D eigenvalue weighted by molar-refractivity contribution is -0.129. The third kappa shape index (κ3) is 3.58. The van der Waals surface area contributed by atoms with Crippen molar-refractivity contribution in [3.05, 3.63) is 101 Å². The molecule has 2 heterocycles. The predicted octanol–water partition coefficient (Wildman–Crippen LogP) is 2.99. The molecule has 3 aromatic rings. The molecule has 7 nitrogen and oxygen atoms in total. The van der Waals surface area contributed by atoms with Gasteiger partial charge in [0.15, 0.2) is 0 Å². The Balaban J connectivity index is 1.67. The molecule has 4 atom stereocenters. The van der Waals surface area contributed by atoms with Crippen molar-refractivity contribution in [3.8, 4) is 0 Å². The second kappa shape index (κ2) is 8.47. The number of benzene rings is 3. The number of nitrogens with zero attached hydrogens (tertiary/aromatic N) is 2. The van der Waals surface area contributed by atoms with Crippen LogP contribution in [-0.4, -0.2) is 34.6 Å². The van der Waals surface area contributed by atoms with Crippen molar-refractivity contribution in [3.63, 3.8) is 0 Å². The molecule has 0 radical (unpaired) electrons. The topological polar surface area (TPSA) is 101 Å². The number of carbonyl (C=O) groups is 4. The van der Waals surface area contributed by atoms with Gasteiger partial charge in [-0.3, -0.25) is 19.2 Å². The van der Waals surface area contributed by atoms with Gasteiger partial charge < -0.3 is 10.6 Å². The number of anilines is 1. The Morgan fingerprint density at radius 2 is 1.43 bits per heavy atom. The lowest BCUT2D eigenvalue weighted by Crippen LogP contribution is -2.50. The van der Waals surface area contributed by atoms with E-state index in [4.69, 9.17) is 5.73 Å². The van der Waals surface area contributed by atoms with Crippen molar-refractivity contribution in [2.45, 2.75) is 19.0 Å². The molecule has 4 amide bonds. The maximum Gasteiger partial charge on any atom is 0.255 e. The number of hydrogen-bond acceptors (Lipinski definition) is 4. The van der Waals surface area contributed by atoms with E-state index in [1.165, 1.54) is 17.0 Å². The SMILES string of the molecule is Cc1ccc(C2C3C(=O)N(c4ccccc4)C(=O)C3C(C(N)=O)N2C(=O)c2ccc(F)cc2)cc1. The van der Waals surface area contributed by atoms with E-state index in [0.29, 0.717) is 11.3 Å². The number of amides is 4. The van der Waals surface area contributed by atoms with Crippen molar-refractivity contribution in [2.75, 3.05) is 4.90 Å². The number of primary amides is 1. The molecule has 3 aromatic carbocycles. The average Bonchev–Trinajstić information content (AvgIpc) is 3.33. The van der Waals surface area contributed by atoms with Crippen LogP contribution in [0.15, 0.2) is 78.9 Å². The van der Waals surface area contributed by atoms with Crippen LogP contribution in [0.3, 0.4) is 0 Å². The molecule has 0 spiro atoms. The van der Waals surface area contributed by atoms with Crippen molar-refractivity contribution >= 4 is 29.3 Å². The van der Waals surface area contributed by atoms with E-state index in [2.05, 4.69) is 0 Å². The summed E-state index contributed by atoms with van der Waals surface area (Å²) in [5.74, 6) is -5.26. The zero-order valence-electron chi connectivity index (χ0n) is 18.8. The fourth-order valence-corrected chi connectivity index (χ4v) is 5.17. The molecule has 5 rings (SSSR count). The Morgan fingerprint density at radius 1 is 0.829 bits per heavy atom. The molecule has 8 heteroatoms. The van der Waals surface area contributed by atoms with Gasteiger partial charge in [0.1, 0.15) is 11.9 Å². The molecule has 35 heavy (non-hydrogen) atoms. The third-order valence-electron chi connectivity index (χ3n) is 6.73. The van der Waals surface area contributed by atoms with E-state index < -0.39 is 53.4 Å². The lowest BCUT2D eigenvalue weighted by Gasteiger charge is -2.32. The van der Waals surface area contributed by atoms with Crippen LogP contribution in [0.4, 0.5) is 10.1 Å². The third-order valence-corrected chi connectivity index (χ3v) is 6.73. The van der Waals surface area contributed by atoms with Gasteiger partial charge in [-0.25, -0.2) is 9.29 Å². The molecule has 2 fully saturated rings. The molecular weight excluding hydrogens is 449 g/mol. The van der Waals surface area contributed by atoms with Crippen LogP contribution in [0.1, 0.15) is 27.5 Å². The normalized spacial score (nSPS) is 23.5. The van der Waals surface area contributed by atoms with E-state index >= 15 is 0 Å². The number of halogens is 1. The Bertz CT molecular complexity index is 1320. The van der Waals surface area contributed by atoms with Crippen molar-refractivity contribution in [1.29, 1.82) is 0 Å². The van der Waals surface area contributed by atoms with E-state index in [1.807, 2.05) is 19.1 Å². The zero-order chi connectivity index (χ0) is 24.9. The first-order chi connectivity index (χ1) is 16.8. The molecule has 0 aromatic heterocycles. The summed E-state index contributed by atoms with van der Waals surface area (Å²) in [7, 11) is 0. The summed E-state index contributed by atoms with van der Waals surface area (Å²) in [5, 5.41) is 0. The summed E-state index contributed by atoms with van der Waals surface area (Å²) >= 11 is 0. The Morgan fingerprint density at radius 3 is 2.03 bits per heavy atom. The van der Waals surface area contributed by atoms with Crippen LogP contribution in [0.25, 0.3) is 0 Å². The Kier molecular flexibility index (Phi) is 5.43. The van der Waals surface area contributed by atoms with Gasteiger partial charge in [-0.1, -0.05) is 48.0 Å². The molecular formula is C27H22FN3O4. The smallest absolute Gasteiger partial charge is 0.255 e. The summed E-state index contributed by atoms with van der Waals surface area (Å²) in [4.78, 5) is 56.1. The second-order valence-electron chi connectivity index (χ2n) is 8.82. The van der Waals surface area contributed by atoms with E-state index in [9.17, 15) is 23.6 Å². The molecule has 0 bridgehead atoms. The van der Waals surface area contributed by atoms with Crippen LogP contribution >= 0.6 is 0 Å². The molecule has 2 saturated heterocycles. The minimum absolute atomic E-state index is 0.120. The summed E-state index contributed by atoms with van der Waals surface area (Å²) in [6, 6.07) is 18.3. The molecule has 2 N–H and O–H groups in total. The van der Waals surface area contributed by atoms with Gasteiger partial charge in [0.2, 0.25) is 17.7 Å². The molecule has 0 aliphatic carbocycles. The minimum atomic E-state index is -1.35. The van der Waals surface area contributed by atoms with Crippen molar-refractivity contribution < 1.29 is 23.6 Å². The highest BCUT2D eigenvalue weighted by Gasteiger charge is 2.65. The molecule has 0 saturated carbocycles. The largest absolute Gasteiger partial charge is 0.368 e. The Labute approximate surface area is 200 Å². The van der Waals surface area contributed by atoms with Crippen LogP contribution < -0.4 is 10.6 Å². The number of aryl methyl sites for hydroxylation is 1.